The van der Waals surface area contributed by atoms with Gasteiger partial charge in [0.15, 0.2) is 17.2 Å². The zero-order valence-corrected chi connectivity index (χ0v) is 24.4. The molecule has 1 aliphatic rings. The average molecular weight is 610 g/mol. The van der Waals surface area contributed by atoms with Crippen LogP contribution in [0.3, 0.4) is 0 Å². The van der Waals surface area contributed by atoms with E-state index in [0.29, 0.717) is 40.8 Å². The van der Waals surface area contributed by atoms with Crippen LogP contribution in [0.2, 0.25) is 5.15 Å². The Morgan fingerprint density at radius 1 is 0.976 bits per heavy atom. The van der Waals surface area contributed by atoms with Gasteiger partial charge >= 0.3 is 5.97 Å². The van der Waals surface area contributed by atoms with Crippen LogP contribution in [0.25, 0.3) is 11.8 Å². The molecule has 12 heteroatoms. The highest BCUT2D eigenvalue weighted by molar-refractivity contribution is 7.90. The molecule has 0 radical (unpaired) electrons. The van der Waals surface area contributed by atoms with Crippen molar-refractivity contribution in [1.82, 2.24) is 4.57 Å². The lowest BCUT2D eigenvalue weighted by molar-refractivity contribution is -0.129. The summed E-state index contributed by atoms with van der Waals surface area (Å²) in [5.74, 6) is 0.471. The third-order valence-electron chi connectivity index (χ3n) is 5.72. The Balaban J connectivity index is 1.59. The monoisotopic (exact) mass is 609 g/mol. The molecule has 0 atom stereocenters. The Bertz CT molecular complexity index is 1830. The Hall–Kier alpha value is -4.19. The second-order valence-electron chi connectivity index (χ2n) is 8.45. The first-order chi connectivity index (χ1) is 19.8. The van der Waals surface area contributed by atoms with Gasteiger partial charge in [0.05, 0.1) is 23.0 Å². The molecule has 0 saturated heterocycles. The molecular formula is C29H24ClN3O6S2. The SMILES string of the molecule is CCOc1ccc(C2=N/C(=C\c3sc(=NS(=O)(=O)c4ccccc4)n(-c4ccccc4)c3Cl)C(=O)O2)cc1OCC. The van der Waals surface area contributed by atoms with Crippen LogP contribution in [0.5, 0.6) is 11.5 Å². The minimum absolute atomic E-state index is 0.00678. The van der Waals surface area contributed by atoms with E-state index in [2.05, 4.69) is 9.39 Å². The minimum atomic E-state index is -4.05. The largest absolute Gasteiger partial charge is 0.490 e. The highest BCUT2D eigenvalue weighted by Crippen LogP contribution is 2.31. The molecule has 1 aliphatic heterocycles. The maximum atomic E-state index is 13.1. The fraction of sp³-hybridized carbons (Fsp3) is 0.138. The lowest BCUT2D eigenvalue weighted by Gasteiger charge is -2.11. The van der Waals surface area contributed by atoms with E-state index >= 15 is 0 Å². The van der Waals surface area contributed by atoms with Gasteiger partial charge in [-0.1, -0.05) is 59.3 Å². The molecule has 5 rings (SSSR count). The molecule has 0 bridgehead atoms. The van der Waals surface area contributed by atoms with Gasteiger partial charge in [0.2, 0.25) is 10.7 Å². The number of benzene rings is 3. The number of rotatable bonds is 9. The van der Waals surface area contributed by atoms with Crippen LogP contribution in [0, 0.1) is 0 Å². The Kier molecular flexibility index (Phi) is 8.39. The van der Waals surface area contributed by atoms with E-state index in [-0.39, 0.29) is 26.4 Å². The smallest absolute Gasteiger partial charge is 0.363 e. The van der Waals surface area contributed by atoms with E-state index < -0.39 is 16.0 Å². The molecule has 4 aromatic rings. The van der Waals surface area contributed by atoms with Gasteiger partial charge in [-0.25, -0.2) is 9.79 Å². The van der Waals surface area contributed by atoms with Crippen molar-refractivity contribution in [2.75, 3.05) is 13.2 Å². The van der Waals surface area contributed by atoms with Crippen LogP contribution in [0.4, 0.5) is 0 Å². The zero-order valence-electron chi connectivity index (χ0n) is 22.0. The molecule has 0 saturated carbocycles. The van der Waals surface area contributed by atoms with Gasteiger partial charge in [0, 0.05) is 11.3 Å². The Labute approximate surface area is 245 Å². The normalized spacial score (nSPS) is 14.7. The predicted octanol–water partition coefficient (Wildman–Crippen LogP) is 5.62. The molecular weight excluding hydrogens is 586 g/mol. The van der Waals surface area contributed by atoms with Crippen LogP contribution in [-0.2, 0) is 19.6 Å². The summed E-state index contributed by atoms with van der Waals surface area (Å²) in [6, 6.07) is 22.0. The lowest BCUT2D eigenvalue weighted by atomic mass is 10.2. The van der Waals surface area contributed by atoms with Crippen molar-refractivity contribution in [3.05, 3.63) is 105 Å². The summed E-state index contributed by atoms with van der Waals surface area (Å²) < 4.78 is 48.5. The molecule has 0 N–H and O–H groups in total. The standard InChI is InChI=1S/C29H24ClN3O6S2/c1-3-37-23-16-15-19(17-24(23)38-4-2)27-31-22(28(34)39-27)18-25-26(30)33(20-11-7-5-8-12-20)29(40-25)32-41(35,36)21-13-9-6-10-14-21/h5-18H,3-4H2,1-2H3/b22-18-,32-29?. The maximum absolute atomic E-state index is 13.1. The number of aliphatic imine (C=N–C) groups is 1. The molecule has 2 heterocycles. The summed E-state index contributed by atoms with van der Waals surface area (Å²) in [7, 11) is -4.05. The van der Waals surface area contributed by atoms with Crippen molar-refractivity contribution in [2.45, 2.75) is 18.7 Å². The number of sulfonamides is 1. The van der Waals surface area contributed by atoms with Crippen LogP contribution in [0.15, 0.2) is 98.8 Å². The molecule has 210 valence electrons. The zero-order chi connectivity index (χ0) is 29.0. The number of para-hydroxylation sites is 1. The first kappa shape index (κ1) is 28.3. The topological polar surface area (TPSA) is 109 Å². The number of carbonyl (C=O) groups is 1. The summed E-state index contributed by atoms with van der Waals surface area (Å²) in [6.07, 6.45) is 1.45. The fourth-order valence-electron chi connectivity index (χ4n) is 3.92. The summed E-state index contributed by atoms with van der Waals surface area (Å²) in [5.41, 5.74) is 1.11. The number of nitrogens with zero attached hydrogens (tertiary/aromatic N) is 3. The lowest BCUT2D eigenvalue weighted by Crippen LogP contribution is -2.15. The van der Waals surface area contributed by atoms with E-state index in [1.54, 1.807) is 60.7 Å². The van der Waals surface area contributed by atoms with E-state index in [4.69, 9.17) is 25.8 Å². The number of esters is 1. The molecule has 0 spiro atoms. The summed E-state index contributed by atoms with van der Waals surface area (Å²) in [5, 5.41) is 0.159. The molecule has 1 aromatic heterocycles. The number of cyclic esters (lactones) is 1. The Morgan fingerprint density at radius 2 is 1.63 bits per heavy atom. The number of halogens is 1. The summed E-state index contributed by atoms with van der Waals surface area (Å²) >= 11 is 7.76. The van der Waals surface area contributed by atoms with Crippen LogP contribution >= 0.6 is 22.9 Å². The second-order valence-corrected chi connectivity index (χ2v) is 11.4. The highest BCUT2D eigenvalue weighted by atomic mass is 35.5. The van der Waals surface area contributed by atoms with Crippen LogP contribution in [-0.4, -0.2) is 38.1 Å². The third-order valence-corrected chi connectivity index (χ3v) is 8.59. The van der Waals surface area contributed by atoms with E-state index in [9.17, 15) is 13.2 Å². The van der Waals surface area contributed by atoms with Gasteiger partial charge in [-0.3, -0.25) is 4.57 Å². The van der Waals surface area contributed by atoms with E-state index in [0.717, 1.165) is 11.3 Å². The van der Waals surface area contributed by atoms with Crippen molar-refractivity contribution < 1.29 is 27.4 Å². The average Bonchev–Trinajstić information content (AvgIpc) is 3.49. The van der Waals surface area contributed by atoms with Crippen molar-refractivity contribution >= 4 is 50.9 Å². The molecule has 0 aliphatic carbocycles. The van der Waals surface area contributed by atoms with Gasteiger partial charge in [0.25, 0.3) is 10.0 Å². The van der Waals surface area contributed by atoms with Gasteiger partial charge in [-0.05, 0) is 62.4 Å². The third kappa shape index (κ3) is 6.12. The van der Waals surface area contributed by atoms with Gasteiger partial charge in [-0.15, -0.1) is 4.40 Å². The van der Waals surface area contributed by atoms with E-state index in [1.165, 1.54) is 22.8 Å². The molecule has 0 amide bonds. The second kappa shape index (κ2) is 12.1. The van der Waals surface area contributed by atoms with Gasteiger partial charge < -0.3 is 14.2 Å². The number of ether oxygens (including phenoxy) is 3. The van der Waals surface area contributed by atoms with Crippen molar-refractivity contribution in [1.29, 1.82) is 0 Å². The Morgan fingerprint density at radius 3 is 2.32 bits per heavy atom. The quantitative estimate of drug-likeness (QED) is 0.180. The molecule has 9 nitrogen and oxygen atoms in total. The summed E-state index contributed by atoms with van der Waals surface area (Å²) in [6.45, 7) is 4.62. The van der Waals surface area contributed by atoms with Crippen molar-refractivity contribution in [3.63, 3.8) is 0 Å². The summed E-state index contributed by atoms with van der Waals surface area (Å²) in [4.78, 5) is 17.7. The number of hydrogen-bond donors (Lipinski definition) is 0. The molecule has 41 heavy (non-hydrogen) atoms. The fourth-order valence-corrected chi connectivity index (χ4v) is 6.48. The maximum Gasteiger partial charge on any atom is 0.363 e. The first-order valence-corrected chi connectivity index (χ1v) is 15.2. The number of aromatic nitrogens is 1. The molecule has 0 fully saturated rings. The van der Waals surface area contributed by atoms with Crippen LogP contribution in [0.1, 0.15) is 24.3 Å². The van der Waals surface area contributed by atoms with Gasteiger partial charge in [0.1, 0.15) is 5.15 Å². The number of thiazole rings is 1. The van der Waals surface area contributed by atoms with Crippen molar-refractivity contribution in [2.24, 2.45) is 9.39 Å². The van der Waals surface area contributed by atoms with Crippen LogP contribution < -0.4 is 14.3 Å². The van der Waals surface area contributed by atoms with Crippen molar-refractivity contribution in [3.8, 4) is 17.2 Å². The first-order valence-electron chi connectivity index (χ1n) is 12.6. The predicted molar refractivity (Wildman–Crippen MR) is 157 cm³/mol. The number of hydrogen-bond acceptors (Lipinski definition) is 8. The number of carbonyl (C=O) groups excluding carboxylic acids is 1. The molecule has 3 aromatic carbocycles. The minimum Gasteiger partial charge on any atom is -0.490 e. The highest BCUT2D eigenvalue weighted by Gasteiger charge is 2.27. The van der Waals surface area contributed by atoms with E-state index in [1.807, 2.05) is 19.9 Å². The van der Waals surface area contributed by atoms with Gasteiger partial charge in [-0.2, -0.15) is 8.42 Å². The molecule has 0 unspecified atom stereocenters.